The van der Waals surface area contributed by atoms with E-state index in [1.807, 2.05) is 31.3 Å². The molecule has 0 N–H and O–H groups in total. The third-order valence-electron chi connectivity index (χ3n) is 5.81. The van der Waals surface area contributed by atoms with Crippen molar-refractivity contribution >= 4 is 27.8 Å². The molecule has 1 unspecified atom stereocenters. The Labute approximate surface area is 209 Å². The zero-order chi connectivity index (χ0) is 23.3. The molecule has 1 saturated heterocycles. The largest absolute Gasteiger partial charge is 0.497 e. The highest BCUT2D eigenvalue weighted by molar-refractivity contribution is 8.93. The van der Waals surface area contributed by atoms with E-state index >= 15 is 0 Å². The Kier molecular flexibility index (Phi) is 8.84. The number of ether oxygens (including phenoxy) is 3. The number of nitrogens with zero attached hydrogens (tertiary/aromatic N) is 2. The minimum Gasteiger partial charge on any atom is -0.497 e. The molecule has 1 fully saturated rings. The van der Waals surface area contributed by atoms with Gasteiger partial charge in [-0.15, -0.1) is 27.1 Å². The molecule has 0 aromatic heterocycles. The summed E-state index contributed by atoms with van der Waals surface area (Å²) in [5, 5.41) is 11.8. The average Bonchev–Trinajstić information content (AvgIpc) is 2.83. The van der Waals surface area contributed by atoms with Crippen molar-refractivity contribution in [2.24, 2.45) is 0 Å². The van der Waals surface area contributed by atoms with E-state index in [1.54, 1.807) is 7.11 Å². The Hall–Kier alpha value is -2.72. The summed E-state index contributed by atoms with van der Waals surface area (Å²) in [7, 11) is 3.69. The SMILES string of the molecule is Br.COc1ccc2cc(-c3ccc(C4(OCCCO[N+](=O)[O-])CN(C)CCO4)cc3)ccc2c1. The molecule has 4 rings (SSSR count). The maximum absolute atomic E-state index is 10.3. The van der Waals surface area contributed by atoms with Gasteiger partial charge in [-0.25, -0.2) is 0 Å². The van der Waals surface area contributed by atoms with E-state index in [4.69, 9.17) is 14.2 Å². The summed E-state index contributed by atoms with van der Waals surface area (Å²) >= 11 is 0. The molecular weight excluding hydrogens is 504 g/mol. The molecule has 182 valence electrons. The van der Waals surface area contributed by atoms with Crippen molar-refractivity contribution in [3.8, 4) is 16.9 Å². The quantitative estimate of drug-likeness (QED) is 0.222. The number of fused-ring (bicyclic) bond motifs is 1. The molecule has 1 atom stereocenters. The van der Waals surface area contributed by atoms with E-state index in [0.29, 0.717) is 19.6 Å². The number of likely N-dealkylation sites (N-methyl/N-ethyl adjacent to an activating group) is 1. The second-order valence-electron chi connectivity index (χ2n) is 8.10. The molecule has 0 saturated carbocycles. The molecule has 0 radical (unpaired) electrons. The third-order valence-corrected chi connectivity index (χ3v) is 5.81. The number of rotatable bonds is 9. The average molecular weight is 533 g/mol. The van der Waals surface area contributed by atoms with Gasteiger partial charge in [0.1, 0.15) is 5.75 Å². The van der Waals surface area contributed by atoms with Crippen LogP contribution in [-0.2, 0) is 20.1 Å². The van der Waals surface area contributed by atoms with Crippen LogP contribution in [0.1, 0.15) is 12.0 Å². The Balaban J connectivity index is 0.00000324. The van der Waals surface area contributed by atoms with Crippen LogP contribution in [-0.4, -0.2) is 57.1 Å². The molecule has 3 aromatic carbocycles. The van der Waals surface area contributed by atoms with Crippen molar-refractivity contribution in [2.45, 2.75) is 12.2 Å². The first-order chi connectivity index (χ1) is 16.0. The number of morpholine rings is 1. The molecule has 8 nitrogen and oxygen atoms in total. The van der Waals surface area contributed by atoms with E-state index < -0.39 is 10.9 Å². The van der Waals surface area contributed by atoms with Crippen molar-refractivity contribution in [2.75, 3.05) is 47.1 Å². The minimum atomic E-state index is -0.917. The van der Waals surface area contributed by atoms with Crippen LogP contribution in [0, 0.1) is 10.1 Å². The zero-order valence-corrected chi connectivity index (χ0v) is 21.0. The fourth-order valence-corrected chi connectivity index (χ4v) is 4.07. The molecule has 3 aromatic rings. The maximum atomic E-state index is 10.3. The molecule has 1 aliphatic rings. The predicted octanol–water partition coefficient (Wildman–Crippen LogP) is 4.82. The predicted molar refractivity (Wildman–Crippen MR) is 135 cm³/mol. The van der Waals surface area contributed by atoms with Gasteiger partial charge in [-0.05, 0) is 53.6 Å². The molecular formula is C25H29BrN2O6. The summed E-state index contributed by atoms with van der Waals surface area (Å²) in [6.07, 6.45) is 0.399. The highest BCUT2D eigenvalue weighted by atomic mass is 79.9. The van der Waals surface area contributed by atoms with E-state index in [1.165, 1.54) is 0 Å². The van der Waals surface area contributed by atoms with Gasteiger partial charge in [0.2, 0.25) is 5.79 Å². The summed E-state index contributed by atoms with van der Waals surface area (Å²) in [4.78, 5) is 16.9. The lowest BCUT2D eigenvalue weighted by Gasteiger charge is -2.41. The van der Waals surface area contributed by atoms with Gasteiger partial charge >= 0.3 is 0 Å². The van der Waals surface area contributed by atoms with Gasteiger partial charge in [-0.1, -0.05) is 42.5 Å². The van der Waals surface area contributed by atoms with E-state index in [0.717, 1.165) is 39.8 Å². The standard InChI is InChI=1S/C25H28N2O6.BrH/c1-26-12-15-32-25(18-26,31-13-3-14-33-27(28)29)23-9-6-19(7-10-23)20-4-5-22-17-24(30-2)11-8-21(22)16-20;/h4-11,16-17H,3,12-15,18H2,1-2H3;1H. The lowest BCUT2D eigenvalue weighted by atomic mass is 9.97. The second kappa shape index (κ2) is 11.6. The van der Waals surface area contributed by atoms with Crippen LogP contribution in [0.25, 0.3) is 21.9 Å². The lowest BCUT2D eigenvalue weighted by Crippen LogP contribution is -2.50. The smallest absolute Gasteiger partial charge is 0.294 e. The summed E-state index contributed by atoms with van der Waals surface area (Å²) < 4.78 is 17.6. The van der Waals surface area contributed by atoms with Gasteiger partial charge in [-0.3, -0.25) is 4.90 Å². The molecule has 0 aliphatic carbocycles. The summed E-state index contributed by atoms with van der Waals surface area (Å²) in [5.74, 6) is -0.0765. The maximum Gasteiger partial charge on any atom is 0.294 e. The normalized spacial score (nSPS) is 18.3. The van der Waals surface area contributed by atoms with Gasteiger partial charge in [0.15, 0.2) is 0 Å². The Morgan fingerprint density at radius 1 is 1.03 bits per heavy atom. The van der Waals surface area contributed by atoms with E-state index in [2.05, 4.69) is 46.1 Å². The molecule has 0 amide bonds. The molecule has 0 spiro atoms. The fourth-order valence-electron chi connectivity index (χ4n) is 4.07. The number of hydrogen-bond acceptors (Lipinski definition) is 7. The number of halogens is 1. The first kappa shape index (κ1) is 25.9. The first-order valence-electron chi connectivity index (χ1n) is 10.9. The van der Waals surface area contributed by atoms with Gasteiger partial charge in [0.25, 0.3) is 5.09 Å². The van der Waals surface area contributed by atoms with Crippen LogP contribution in [0.4, 0.5) is 0 Å². The van der Waals surface area contributed by atoms with Crippen LogP contribution >= 0.6 is 17.0 Å². The van der Waals surface area contributed by atoms with Gasteiger partial charge < -0.3 is 19.0 Å². The van der Waals surface area contributed by atoms with Crippen LogP contribution < -0.4 is 4.74 Å². The molecule has 34 heavy (non-hydrogen) atoms. The third kappa shape index (κ3) is 6.04. The summed E-state index contributed by atoms with van der Waals surface area (Å²) in [5.41, 5.74) is 3.13. The fraction of sp³-hybridized carbons (Fsp3) is 0.360. The monoisotopic (exact) mass is 532 g/mol. The zero-order valence-electron chi connectivity index (χ0n) is 19.3. The molecule has 0 bridgehead atoms. The number of hydrogen-bond donors (Lipinski definition) is 0. The summed E-state index contributed by atoms with van der Waals surface area (Å²) in [6, 6.07) is 20.6. The van der Waals surface area contributed by atoms with E-state index in [9.17, 15) is 10.1 Å². The Morgan fingerprint density at radius 2 is 1.74 bits per heavy atom. The van der Waals surface area contributed by atoms with Crippen molar-refractivity contribution in [3.63, 3.8) is 0 Å². The minimum absolute atomic E-state index is 0. The van der Waals surface area contributed by atoms with E-state index in [-0.39, 0.29) is 30.2 Å². The van der Waals surface area contributed by atoms with Crippen molar-refractivity contribution < 1.29 is 24.1 Å². The Morgan fingerprint density at radius 3 is 2.44 bits per heavy atom. The number of methoxy groups -OCH3 is 1. The second-order valence-corrected chi connectivity index (χ2v) is 8.10. The van der Waals surface area contributed by atoms with Gasteiger partial charge in [-0.2, -0.15) is 0 Å². The highest BCUT2D eigenvalue weighted by Crippen LogP contribution is 2.33. The van der Waals surface area contributed by atoms with Crippen LogP contribution in [0.3, 0.4) is 0 Å². The van der Waals surface area contributed by atoms with Crippen molar-refractivity contribution in [3.05, 3.63) is 76.3 Å². The molecule has 1 aliphatic heterocycles. The lowest BCUT2D eigenvalue weighted by molar-refractivity contribution is -0.757. The first-order valence-corrected chi connectivity index (χ1v) is 10.9. The van der Waals surface area contributed by atoms with Crippen LogP contribution in [0.15, 0.2) is 60.7 Å². The van der Waals surface area contributed by atoms with Gasteiger partial charge in [0.05, 0.1) is 33.5 Å². The van der Waals surface area contributed by atoms with Gasteiger partial charge in [0, 0.05) is 12.1 Å². The van der Waals surface area contributed by atoms with Crippen molar-refractivity contribution in [1.29, 1.82) is 0 Å². The van der Waals surface area contributed by atoms with Crippen LogP contribution in [0.2, 0.25) is 0 Å². The summed E-state index contributed by atoms with van der Waals surface area (Å²) in [6.45, 7) is 2.21. The van der Waals surface area contributed by atoms with Crippen molar-refractivity contribution in [1.82, 2.24) is 4.90 Å². The number of benzene rings is 3. The molecule has 9 heteroatoms. The molecule has 1 heterocycles. The highest BCUT2D eigenvalue weighted by Gasteiger charge is 2.38. The Bertz CT molecular complexity index is 1110. The van der Waals surface area contributed by atoms with Crippen LogP contribution in [0.5, 0.6) is 5.75 Å². The topological polar surface area (TPSA) is 83.3 Å².